The Balaban J connectivity index is 2.42. The van der Waals surface area contributed by atoms with E-state index in [1.54, 1.807) is 28.9 Å². The molecule has 1 aliphatic rings. The number of nitrogens with zero attached hydrogens (tertiary/aromatic N) is 3. The Morgan fingerprint density at radius 1 is 1.65 bits per heavy atom. The molecule has 1 N–H and O–H groups in total. The molecule has 0 radical (unpaired) electrons. The molecule has 6 heteroatoms. The highest BCUT2D eigenvalue weighted by Gasteiger charge is 2.45. The molecule has 2 rings (SSSR count). The molecule has 1 aliphatic heterocycles. The third kappa shape index (κ3) is 1.79. The number of aliphatic carboxylic acids is 1. The average Bonchev–Trinajstić information content (AvgIpc) is 2.81. The van der Waals surface area contributed by atoms with Gasteiger partial charge in [-0.15, -0.1) is 0 Å². The predicted octanol–water partition coefficient (Wildman–Crippen LogP) is 0.414. The lowest BCUT2D eigenvalue weighted by Crippen LogP contribution is -2.32. The Morgan fingerprint density at radius 2 is 2.35 bits per heavy atom. The van der Waals surface area contributed by atoms with Crippen LogP contribution in [0.15, 0.2) is 12.4 Å². The van der Waals surface area contributed by atoms with Crippen molar-refractivity contribution in [2.24, 2.45) is 13.0 Å². The number of aromatic nitrogens is 2. The van der Waals surface area contributed by atoms with Gasteiger partial charge in [0.1, 0.15) is 11.9 Å². The van der Waals surface area contributed by atoms with Crippen LogP contribution in [0, 0.1) is 5.92 Å². The van der Waals surface area contributed by atoms with Crippen LogP contribution < -0.4 is 0 Å². The molecule has 2 atom stereocenters. The van der Waals surface area contributed by atoms with Gasteiger partial charge in [-0.1, -0.05) is 0 Å². The zero-order valence-corrected chi connectivity index (χ0v) is 9.83. The van der Waals surface area contributed by atoms with Gasteiger partial charge in [-0.25, -0.2) is 4.98 Å². The summed E-state index contributed by atoms with van der Waals surface area (Å²) in [5, 5.41) is 9.19. The van der Waals surface area contributed by atoms with E-state index in [0.29, 0.717) is 12.4 Å². The second-order valence-corrected chi connectivity index (χ2v) is 4.17. The number of imidazole rings is 1. The number of amides is 1. The minimum Gasteiger partial charge on any atom is -0.481 e. The number of aryl methyl sites for hydroxylation is 1. The topological polar surface area (TPSA) is 75.4 Å². The number of carboxylic acids is 1. The molecule has 1 fully saturated rings. The van der Waals surface area contributed by atoms with E-state index < -0.39 is 17.9 Å². The van der Waals surface area contributed by atoms with Crippen LogP contribution in [0.5, 0.6) is 0 Å². The Bertz CT molecular complexity index is 455. The number of hydrogen-bond acceptors (Lipinski definition) is 3. The fourth-order valence-corrected chi connectivity index (χ4v) is 2.37. The number of rotatable bonds is 3. The van der Waals surface area contributed by atoms with Crippen LogP contribution in [0.2, 0.25) is 0 Å². The zero-order valence-electron chi connectivity index (χ0n) is 9.83. The van der Waals surface area contributed by atoms with Crippen molar-refractivity contribution in [3.05, 3.63) is 18.2 Å². The summed E-state index contributed by atoms with van der Waals surface area (Å²) in [7, 11) is 1.80. The van der Waals surface area contributed by atoms with Gasteiger partial charge in [0, 0.05) is 32.4 Å². The highest BCUT2D eigenvalue weighted by Crippen LogP contribution is 2.36. The molecule has 17 heavy (non-hydrogen) atoms. The van der Waals surface area contributed by atoms with Gasteiger partial charge in [0.15, 0.2) is 0 Å². The summed E-state index contributed by atoms with van der Waals surface area (Å²) in [5.41, 5.74) is 0. The molecule has 0 bridgehead atoms. The standard InChI is InChI=1S/C11H15N3O3/c1-3-14-8(15)6-7(11(16)17)9(14)10-12-4-5-13(10)2/h4-5,7,9H,3,6H2,1-2H3,(H,16,17)/t7-,9+/m0/s1. The molecule has 1 saturated heterocycles. The first-order valence-electron chi connectivity index (χ1n) is 5.55. The van der Waals surface area contributed by atoms with Gasteiger partial charge in [-0.05, 0) is 6.92 Å². The van der Waals surface area contributed by atoms with E-state index in [0.717, 1.165) is 0 Å². The van der Waals surface area contributed by atoms with Crippen molar-refractivity contribution < 1.29 is 14.7 Å². The monoisotopic (exact) mass is 237 g/mol. The maximum Gasteiger partial charge on any atom is 0.309 e. The van der Waals surface area contributed by atoms with Crippen LogP contribution in [0.1, 0.15) is 25.2 Å². The first-order valence-corrected chi connectivity index (χ1v) is 5.55. The van der Waals surface area contributed by atoms with Crippen molar-refractivity contribution in [2.45, 2.75) is 19.4 Å². The van der Waals surface area contributed by atoms with E-state index in [-0.39, 0.29) is 12.3 Å². The first kappa shape index (κ1) is 11.6. The first-order chi connectivity index (χ1) is 8.06. The lowest BCUT2D eigenvalue weighted by molar-refractivity contribution is -0.142. The summed E-state index contributed by atoms with van der Waals surface area (Å²) in [6, 6.07) is -0.454. The molecule has 2 heterocycles. The van der Waals surface area contributed by atoms with Crippen molar-refractivity contribution in [3.8, 4) is 0 Å². The van der Waals surface area contributed by atoms with Gasteiger partial charge in [0.05, 0.1) is 5.92 Å². The number of likely N-dealkylation sites (tertiary alicyclic amines) is 1. The molecule has 92 valence electrons. The minimum atomic E-state index is -0.942. The van der Waals surface area contributed by atoms with Crippen molar-refractivity contribution in [3.63, 3.8) is 0 Å². The van der Waals surface area contributed by atoms with Gasteiger partial charge >= 0.3 is 5.97 Å². The maximum absolute atomic E-state index is 11.8. The summed E-state index contributed by atoms with van der Waals surface area (Å²) in [6.45, 7) is 2.35. The molecule has 0 aromatic carbocycles. The lowest BCUT2D eigenvalue weighted by Gasteiger charge is -2.25. The average molecular weight is 237 g/mol. The Hall–Kier alpha value is -1.85. The van der Waals surface area contributed by atoms with Crippen molar-refractivity contribution >= 4 is 11.9 Å². The van der Waals surface area contributed by atoms with Crippen molar-refractivity contribution in [1.29, 1.82) is 0 Å². The summed E-state index contributed by atoms with van der Waals surface area (Å²) >= 11 is 0. The number of carboxylic acid groups (broad SMARTS) is 1. The molecule has 6 nitrogen and oxygen atoms in total. The van der Waals surface area contributed by atoms with Crippen LogP contribution in [-0.2, 0) is 16.6 Å². The zero-order chi connectivity index (χ0) is 12.6. The SMILES string of the molecule is CCN1C(=O)C[C@H](C(=O)O)[C@@H]1c1nccn1C. The highest BCUT2D eigenvalue weighted by molar-refractivity contribution is 5.87. The molecule has 0 unspecified atom stereocenters. The van der Waals surface area contributed by atoms with Gasteiger partial charge in [-0.3, -0.25) is 9.59 Å². The van der Waals surface area contributed by atoms with Gasteiger partial charge < -0.3 is 14.6 Å². The van der Waals surface area contributed by atoms with Crippen LogP contribution in [0.25, 0.3) is 0 Å². The second-order valence-electron chi connectivity index (χ2n) is 4.17. The normalized spacial score (nSPS) is 24.4. The quantitative estimate of drug-likeness (QED) is 0.826. The summed E-state index contributed by atoms with van der Waals surface area (Å²) < 4.78 is 1.77. The maximum atomic E-state index is 11.8. The fraction of sp³-hybridized carbons (Fsp3) is 0.545. The van der Waals surface area contributed by atoms with E-state index in [2.05, 4.69) is 4.98 Å². The highest BCUT2D eigenvalue weighted by atomic mass is 16.4. The van der Waals surface area contributed by atoms with Crippen molar-refractivity contribution in [2.75, 3.05) is 6.54 Å². The predicted molar refractivity (Wildman–Crippen MR) is 59.1 cm³/mol. The summed E-state index contributed by atoms with van der Waals surface area (Å²) in [6.07, 6.45) is 3.43. The minimum absolute atomic E-state index is 0.0563. The van der Waals surface area contributed by atoms with Crippen LogP contribution in [0.3, 0.4) is 0 Å². The molecular weight excluding hydrogens is 222 g/mol. The number of carbonyl (C=O) groups is 2. The van der Waals surface area contributed by atoms with Crippen LogP contribution >= 0.6 is 0 Å². The third-order valence-electron chi connectivity index (χ3n) is 3.21. The number of carbonyl (C=O) groups excluding carboxylic acids is 1. The largest absolute Gasteiger partial charge is 0.481 e. The molecule has 1 amide bonds. The van der Waals surface area contributed by atoms with Gasteiger partial charge in [0.2, 0.25) is 5.91 Å². The van der Waals surface area contributed by atoms with Crippen LogP contribution in [0.4, 0.5) is 0 Å². The second kappa shape index (κ2) is 4.20. The molecule has 0 saturated carbocycles. The van der Waals surface area contributed by atoms with Gasteiger partial charge in [0.25, 0.3) is 0 Å². The van der Waals surface area contributed by atoms with Crippen molar-refractivity contribution in [1.82, 2.24) is 14.5 Å². The Morgan fingerprint density at radius 3 is 2.82 bits per heavy atom. The Labute approximate surface area is 98.9 Å². The lowest BCUT2D eigenvalue weighted by atomic mass is 10.00. The molecule has 0 spiro atoms. The fourth-order valence-electron chi connectivity index (χ4n) is 2.37. The van der Waals surface area contributed by atoms with Gasteiger partial charge in [-0.2, -0.15) is 0 Å². The third-order valence-corrected chi connectivity index (χ3v) is 3.21. The van der Waals surface area contributed by atoms with E-state index in [9.17, 15) is 14.7 Å². The molecule has 1 aromatic heterocycles. The smallest absolute Gasteiger partial charge is 0.309 e. The van der Waals surface area contributed by atoms with E-state index in [4.69, 9.17) is 0 Å². The summed E-state index contributed by atoms with van der Waals surface area (Å²) in [4.78, 5) is 28.7. The van der Waals surface area contributed by atoms with E-state index in [1.165, 1.54) is 0 Å². The van der Waals surface area contributed by atoms with E-state index >= 15 is 0 Å². The summed E-state index contributed by atoms with van der Waals surface area (Å²) in [5.74, 6) is -1.14. The molecular formula is C11H15N3O3. The number of hydrogen-bond donors (Lipinski definition) is 1. The van der Waals surface area contributed by atoms with Crippen LogP contribution in [-0.4, -0.2) is 38.0 Å². The molecule has 0 aliphatic carbocycles. The van der Waals surface area contributed by atoms with E-state index in [1.807, 2.05) is 6.92 Å². The Kier molecular flexibility index (Phi) is 2.87. The molecule has 1 aromatic rings.